The van der Waals surface area contributed by atoms with Crippen LogP contribution < -0.4 is 0 Å². The molecule has 0 saturated heterocycles. The lowest BCUT2D eigenvalue weighted by Gasteiger charge is -2.21. The molecule has 1 saturated carbocycles. The van der Waals surface area contributed by atoms with Gasteiger partial charge in [0.05, 0.1) is 12.2 Å². The summed E-state index contributed by atoms with van der Waals surface area (Å²) >= 11 is 1.69. The van der Waals surface area contributed by atoms with Gasteiger partial charge in [0.1, 0.15) is 11.3 Å². The van der Waals surface area contributed by atoms with Gasteiger partial charge in [0.25, 0.3) is 5.91 Å². The molecule has 1 aliphatic carbocycles. The van der Waals surface area contributed by atoms with Crippen molar-refractivity contribution in [1.82, 2.24) is 10.1 Å². The number of hydrogen-bond donors (Lipinski definition) is 0. The summed E-state index contributed by atoms with van der Waals surface area (Å²) < 4.78 is 5.11. The Labute approximate surface area is 116 Å². The number of carbonyl (C=O) groups excluding carboxylic acids is 1. The standard InChI is InChI=1S/C14H16N2O2S/c1-9-13(10(2)18-15-9)14(17)16(11-5-6-11)8-12-4-3-7-19-12/h3-4,7,11H,5-6,8H2,1-2H3. The minimum absolute atomic E-state index is 0.0483. The number of thiophene rings is 1. The molecule has 0 aromatic carbocycles. The van der Waals surface area contributed by atoms with Crippen molar-refractivity contribution in [3.05, 3.63) is 39.4 Å². The number of aryl methyl sites for hydroxylation is 2. The molecular weight excluding hydrogens is 260 g/mol. The zero-order valence-corrected chi connectivity index (χ0v) is 11.9. The lowest BCUT2D eigenvalue weighted by molar-refractivity contribution is 0.0729. The maximum atomic E-state index is 12.7. The van der Waals surface area contributed by atoms with E-state index in [2.05, 4.69) is 11.2 Å². The second kappa shape index (κ2) is 4.81. The molecule has 0 radical (unpaired) electrons. The highest BCUT2D eigenvalue weighted by atomic mass is 32.1. The SMILES string of the molecule is Cc1noc(C)c1C(=O)N(Cc1cccs1)C1CC1. The monoisotopic (exact) mass is 276 g/mol. The molecule has 0 bridgehead atoms. The van der Waals surface area contributed by atoms with E-state index in [0.29, 0.717) is 29.6 Å². The van der Waals surface area contributed by atoms with Crippen LogP contribution in [-0.4, -0.2) is 22.0 Å². The molecule has 0 spiro atoms. The van der Waals surface area contributed by atoms with E-state index >= 15 is 0 Å². The van der Waals surface area contributed by atoms with Gasteiger partial charge >= 0.3 is 0 Å². The number of carbonyl (C=O) groups is 1. The largest absolute Gasteiger partial charge is 0.361 e. The van der Waals surface area contributed by atoms with Crippen LogP contribution in [0.5, 0.6) is 0 Å². The van der Waals surface area contributed by atoms with E-state index in [9.17, 15) is 4.79 Å². The van der Waals surface area contributed by atoms with E-state index in [4.69, 9.17) is 4.52 Å². The summed E-state index contributed by atoms with van der Waals surface area (Å²) in [7, 11) is 0. The molecule has 1 amide bonds. The Balaban J connectivity index is 1.86. The molecule has 2 aromatic heterocycles. The summed E-state index contributed by atoms with van der Waals surface area (Å²) in [6.07, 6.45) is 2.20. The van der Waals surface area contributed by atoms with Crippen molar-refractivity contribution in [2.45, 2.75) is 39.3 Å². The Morgan fingerprint density at radius 2 is 2.32 bits per heavy atom. The second-order valence-corrected chi connectivity index (χ2v) is 5.98. The van der Waals surface area contributed by atoms with Crippen molar-refractivity contribution >= 4 is 17.2 Å². The molecule has 4 nitrogen and oxygen atoms in total. The predicted octanol–water partition coefficient (Wildman–Crippen LogP) is 3.16. The maximum absolute atomic E-state index is 12.7. The van der Waals surface area contributed by atoms with Gasteiger partial charge in [-0.05, 0) is 38.1 Å². The van der Waals surface area contributed by atoms with Crippen molar-refractivity contribution in [3.63, 3.8) is 0 Å². The first-order valence-corrected chi connectivity index (χ1v) is 7.31. The number of rotatable bonds is 4. The topological polar surface area (TPSA) is 46.3 Å². The molecule has 2 aromatic rings. The molecule has 0 unspecified atom stereocenters. The van der Waals surface area contributed by atoms with E-state index in [0.717, 1.165) is 12.8 Å². The number of nitrogens with zero attached hydrogens (tertiary/aromatic N) is 2. The first-order chi connectivity index (χ1) is 9.16. The first kappa shape index (κ1) is 12.4. The fraction of sp³-hybridized carbons (Fsp3) is 0.429. The van der Waals surface area contributed by atoms with E-state index in [-0.39, 0.29) is 5.91 Å². The van der Waals surface area contributed by atoms with Crippen molar-refractivity contribution in [2.24, 2.45) is 0 Å². The van der Waals surface area contributed by atoms with Gasteiger partial charge in [-0.2, -0.15) is 0 Å². The van der Waals surface area contributed by atoms with Gasteiger partial charge < -0.3 is 9.42 Å². The van der Waals surface area contributed by atoms with Crippen molar-refractivity contribution in [2.75, 3.05) is 0 Å². The number of amides is 1. The van der Waals surface area contributed by atoms with E-state index in [1.807, 2.05) is 23.3 Å². The van der Waals surface area contributed by atoms with Gasteiger partial charge in [0.15, 0.2) is 0 Å². The minimum Gasteiger partial charge on any atom is -0.361 e. The molecular formula is C14H16N2O2S. The molecule has 1 fully saturated rings. The Morgan fingerprint density at radius 3 is 2.84 bits per heavy atom. The van der Waals surface area contributed by atoms with Crippen LogP contribution in [0.3, 0.4) is 0 Å². The summed E-state index contributed by atoms with van der Waals surface area (Å²) in [5, 5.41) is 5.92. The molecule has 0 N–H and O–H groups in total. The Bertz CT molecular complexity index is 565. The van der Waals surface area contributed by atoms with E-state index in [1.54, 1.807) is 18.3 Å². The maximum Gasteiger partial charge on any atom is 0.259 e. The fourth-order valence-corrected chi connectivity index (χ4v) is 2.96. The molecule has 3 rings (SSSR count). The normalized spacial score (nSPS) is 14.6. The molecule has 19 heavy (non-hydrogen) atoms. The van der Waals surface area contributed by atoms with Crippen LogP contribution in [0.25, 0.3) is 0 Å². The summed E-state index contributed by atoms with van der Waals surface area (Å²) in [6.45, 7) is 4.30. The quantitative estimate of drug-likeness (QED) is 0.861. The van der Waals surface area contributed by atoms with Gasteiger partial charge in [0, 0.05) is 10.9 Å². The third kappa shape index (κ3) is 2.42. The van der Waals surface area contributed by atoms with Crippen molar-refractivity contribution in [1.29, 1.82) is 0 Å². The number of hydrogen-bond acceptors (Lipinski definition) is 4. The molecule has 5 heteroatoms. The van der Waals surface area contributed by atoms with Crippen LogP contribution in [0, 0.1) is 13.8 Å². The molecule has 2 heterocycles. The van der Waals surface area contributed by atoms with Crippen molar-refractivity contribution in [3.8, 4) is 0 Å². The molecule has 100 valence electrons. The van der Waals surface area contributed by atoms with Crippen LogP contribution >= 0.6 is 11.3 Å². The van der Waals surface area contributed by atoms with Crippen LogP contribution in [-0.2, 0) is 6.54 Å². The Kier molecular flexibility index (Phi) is 3.14. The van der Waals surface area contributed by atoms with Crippen LogP contribution in [0.15, 0.2) is 22.0 Å². The van der Waals surface area contributed by atoms with Gasteiger partial charge in [-0.25, -0.2) is 0 Å². The van der Waals surface area contributed by atoms with Gasteiger partial charge in [-0.15, -0.1) is 11.3 Å². The summed E-state index contributed by atoms with van der Waals surface area (Å²) in [5.41, 5.74) is 1.31. The lowest BCUT2D eigenvalue weighted by atomic mass is 10.1. The van der Waals surface area contributed by atoms with Crippen LogP contribution in [0.1, 0.15) is 39.5 Å². The highest BCUT2D eigenvalue weighted by Crippen LogP contribution is 2.31. The zero-order chi connectivity index (χ0) is 13.4. The average molecular weight is 276 g/mol. The first-order valence-electron chi connectivity index (χ1n) is 6.43. The smallest absolute Gasteiger partial charge is 0.259 e. The second-order valence-electron chi connectivity index (χ2n) is 4.94. The summed E-state index contributed by atoms with van der Waals surface area (Å²) in [4.78, 5) is 15.9. The lowest BCUT2D eigenvalue weighted by Crippen LogP contribution is -2.32. The van der Waals surface area contributed by atoms with Gasteiger partial charge in [-0.1, -0.05) is 11.2 Å². The third-order valence-corrected chi connectivity index (χ3v) is 4.26. The van der Waals surface area contributed by atoms with Gasteiger partial charge in [-0.3, -0.25) is 4.79 Å². The highest BCUT2D eigenvalue weighted by molar-refractivity contribution is 7.09. The zero-order valence-electron chi connectivity index (χ0n) is 11.0. The Hall–Kier alpha value is -1.62. The van der Waals surface area contributed by atoms with Crippen LogP contribution in [0.4, 0.5) is 0 Å². The summed E-state index contributed by atoms with van der Waals surface area (Å²) in [6, 6.07) is 4.47. The number of aromatic nitrogens is 1. The van der Waals surface area contributed by atoms with E-state index in [1.165, 1.54) is 4.88 Å². The molecule has 1 aliphatic rings. The molecule has 0 aliphatic heterocycles. The highest BCUT2D eigenvalue weighted by Gasteiger charge is 2.35. The van der Waals surface area contributed by atoms with E-state index < -0.39 is 0 Å². The van der Waals surface area contributed by atoms with Gasteiger partial charge in [0.2, 0.25) is 0 Å². The van der Waals surface area contributed by atoms with Crippen LogP contribution in [0.2, 0.25) is 0 Å². The average Bonchev–Trinajstić information content (AvgIpc) is 2.99. The molecule has 0 atom stereocenters. The minimum atomic E-state index is 0.0483. The Morgan fingerprint density at radius 1 is 1.53 bits per heavy atom. The fourth-order valence-electron chi connectivity index (χ4n) is 2.26. The summed E-state index contributed by atoms with van der Waals surface area (Å²) in [5.74, 6) is 0.659. The predicted molar refractivity (Wildman–Crippen MR) is 73.2 cm³/mol. The third-order valence-electron chi connectivity index (χ3n) is 3.40. The van der Waals surface area contributed by atoms with Crippen molar-refractivity contribution < 1.29 is 9.32 Å².